The molecule has 0 saturated carbocycles. The van der Waals surface area contributed by atoms with Gasteiger partial charge in [-0.2, -0.15) is 0 Å². The molecule has 0 bridgehead atoms. The predicted octanol–water partition coefficient (Wildman–Crippen LogP) is 5.27. The summed E-state index contributed by atoms with van der Waals surface area (Å²) in [5, 5.41) is 4.85. The molecule has 1 aliphatic heterocycles. The Hall–Kier alpha value is -1.50. The van der Waals surface area contributed by atoms with Crippen molar-refractivity contribution in [1.82, 2.24) is 0 Å². The Labute approximate surface area is 145 Å². The normalized spacial score (nSPS) is 16.0. The van der Waals surface area contributed by atoms with E-state index in [-0.39, 0.29) is 12.3 Å². The van der Waals surface area contributed by atoms with E-state index in [1.165, 1.54) is 5.41 Å². The summed E-state index contributed by atoms with van der Waals surface area (Å²) in [6.07, 6.45) is 1.73. The first-order valence-electron chi connectivity index (χ1n) is 6.70. The minimum atomic E-state index is -2.91. The molecule has 0 radical (unpaired) electrons. The maximum Gasteiger partial charge on any atom is 0.228 e. The Bertz CT molecular complexity index is 821. The number of benzene rings is 2. The number of carbonyl (C=O) groups excluding carboxylic acids is 1. The smallest absolute Gasteiger partial charge is 0.228 e. The van der Waals surface area contributed by atoms with Gasteiger partial charge in [-0.05, 0) is 35.4 Å². The Morgan fingerprint density at radius 3 is 2.74 bits per heavy atom. The third-order valence-corrected chi connectivity index (χ3v) is 5.82. The van der Waals surface area contributed by atoms with Gasteiger partial charge >= 0.3 is 0 Å². The Balaban J connectivity index is 1.76. The molecule has 0 spiro atoms. The molecule has 0 saturated heterocycles. The number of fused-ring (bicyclic) bond motifs is 1. The third kappa shape index (κ3) is 3.39. The van der Waals surface area contributed by atoms with E-state index in [9.17, 15) is 13.9 Å². The van der Waals surface area contributed by atoms with Crippen LogP contribution in [-0.2, 0) is 11.2 Å². The number of anilines is 1. The summed E-state index contributed by atoms with van der Waals surface area (Å²) in [4.78, 5) is 12.6. The third-order valence-electron chi connectivity index (χ3n) is 3.44. The molecule has 120 valence electrons. The van der Waals surface area contributed by atoms with E-state index in [1.807, 2.05) is 0 Å². The molecule has 0 aromatic heterocycles. The zero-order valence-corrected chi connectivity index (χ0v) is 14.1. The number of halogens is 2. The average molecular weight is 370 g/mol. The van der Waals surface area contributed by atoms with Crippen LogP contribution in [0.25, 0.3) is 6.08 Å². The van der Waals surface area contributed by atoms with E-state index in [4.69, 9.17) is 23.2 Å². The highest BCUT2D eigenvalue weighted by atomic mass is 35.5. The SMILES string of the molecule is O=C(Cc1cccc(Cl)c1Cl)Nc1ccc2c(c1)S(O)(O)C=C2. The van der Waals surface area contributed by atoms with Gasteiger partial charge in [-0.15, -0.1) is 10.6 Å². The van der Waals surface area contributed by atoms with Crippen LogP contribution in [0, 0.1) is 0 Å². The van der Waals surface area contributed by atoms with Gasteiger partial charge in [0.25, 0.3) is 0 Å². The highest BCUT2D eigenvalue weighted by Gasteiger charge is 2.22. The predicted molar refractivity (Wildman–Crippen MR) is 95.4 cm³/mol. The number of nitrogens with one attached hydrogen (secondary N) is 1. The zero-order chi connectivity index (χ0) is 16.6. The maximum absolute atomic E-state index is 12.2. The van der Waals surface area contributed by atoms with Crippen LogP contribution in [0.3, 0.4) is 0 Å². The summed E-state index contributed by atoms with van der Waals surface area (Å²) >= 11 is 12.0. The van der Waals surface area contributed by atoms with Gasteiger partial charge in [0, 0.05) is 11.1 Å². The van der Waals surface area contributed by atoms with E-state index in [2.05, 4.69) is 5.32 Å². The summed E-state index contributed by atoms with van der Waals surface area (Å²) in [6.45, 7) is 0. The van der Waals surface area contributed by atoms with E-state index in [0.29, 0.717) is 26.2 Å². The first-order valence-corrected chi connectivity index (χ1v) is 9.06. The lowest BCUT2D eigenvalue weighted by Gasteiger charge is -2.25. The standard InChI is InChI=1S/C16H13Cl2NO3S/c17-13-3-1-2-11(16(13)18)8-15(20)19-12-5-4-10-6-7-23(21,22)14(10)9-12/h1-7,9,21-22H,8H2,(H,19,20). The topological polar surface area (TPSA) is 69.6 Å². The van der Waals surface area contributed by atoms with Crippen molar-refractivity contribution in [2.75, 3.05) is 5.32 Å². The van der Waals surface area contributed by atoms with Crippen LogP contribution >= 0.6 is 33.8 Å². The van der Waals surface area contributed by atoms with Crippen molar-refractivity contribution < 1.29 is 13.9 Å². The van der Waals surface area contributed by atoms with Crippen molar-refractivity contribution in [3.63, 3.8) is 0 Å². The zero-order valence-electron chi connectivity index (χ0n) is 11.8. The molecule has 2 aromatic rings. The first-order chi connectivity index (χ1) is 10.9. The minimum Gasteiger partial charge on any atom is -0.326 e. The van der Waals surface area contributed by atoms with Crippen molar-refractivity contribution >= 4 is 51.5 Å². The summed E-state index contributed by atoms with van der Waals surface area (Å²) in [7, 11) is -2.91. The lowest BCUT2D eigenvalue weighted by Crippen LogP contribution is -2.15. The second-order valence-corrected chi connectivity index (χ2v) is 7.77. The molecule has 1 aliphatic rings. The molecule has 23 heavy (non-hydrogen) atoms. The van der Waals surface area contributed by atoms with Crippen molar-refractivity contribution in [2.45, 2.75) is 11.3 Å². The number of hydrogen-bond donors (Lipinski definition) is 3. The number of amides is 1. The average Bonchev–Trinajstić information content (AvgIpc) is 2.79. The van der Waals surface area contributed by atoms with Crippen LogP contribution in [0.5, 0.6) is 0 Å². The van der Waals surface area contributed by atoms with Gasteiger partial charge in [0.2, 0.25) is 5.91 Å². The number of rotatable bonds is 3. The van der Waals surface area contributed by atoms with Crippen LogP contribution in [0.1, 0.15) is 11.1 Å². The number of hydrogen-bond acceptors (Lipinski definition) is 3. The van der Waals surface area contributed by atoms with Crippen molar-refractivity contribution in [3.8, 4) is 0 Å². The molecule has 1 heterocycles. The molecule has 3 rings (SSSR count). The number of carbonyl (C=O) groups is 1. The molecule has 1 amide bonds. The molecule has 7 heteroatoms. The van der Waals surface area contributed by atoms with Crippen molar-refractivity contribution in [2.24, 2.45) is 0 Å². The molecule has 0 atom stereocenters. The van der Waals surface area contributed by atoms with Gasteiger partial charge < -0.3 is 5.32 Å². The summed E-state index contributed by atoms with van der Waals surface area (Å²) < 4.78 is 19.8. The molecular formula is C16H13Cl2NO3S. The van der Waals surface area contributed by atoms with Gasteiger partial charge in [-0.1, -0.05) is 41.4 Å². The second-order valence-electron chi connectivity index (χ2n) is 5.09. The molecule has 0 unspecified atom stereocenters. The Morgan fingerprint density at radius 1 is 1.17 bits per heavy atom. The quantitative estimate of drug-likeness (QED) is 0.690. The maximum atomic E-state index is 12.2. The van der Waals surface area contributed by atoms with E-state index in [1.54, 1.807) is 42.5 Å². The molecule has 0 aliphatic carbocycles. The van der Waals surface area contributed by atoms with Gasteiger partial charge in [0.15, 0.2) is 0 Å². The van der Waals surface area contributed by atoms with Gasteiger partial charge in [-0.3, -0.25) is 13.9 Å². The summed E-state index contributed by atoms with van der Waals surface area (Å²) in [6, 6.07) is 10.1. The van der Waals surface area contributed by atoms with Gasteiger partial charge in [0.1, 0.15) is 0 Å². The molecule has 2 aromatic carbocycles. The second kappa shape index (κ2) is 6.19. The van der Waals surface area contributed by atoms with Gasteiger partial charge in [0.05, 0.1) is 21.4 Å². The molecule has 0 fully saturated rings. The Kier molecular flexibility index (Phi) is 4.40. The van der Waals surface area contributed by atoms with Crippen LogP contribution < -0.4 is 5.32 Å². The van der Waals surface area contributed by atoms with E-state index in [0.717, 1.165) is 5.56 Å². The van der Waals surface area contributed by atoms with E-state index < -0.39 is 10.6 Å². The lowest BCUT2D eigenvalue weighted by atomic mass is 10.1. The highest BCUT2D eigenvalue weighted by molar-refractivity contribution is 8.27. The van der Waals surface area contributed by atoms with Crippen LogP contribution in [-0.4, -0.2) is 15.0 Å². The lowest BCUT2D eigenvalue weighted by molar-refractivity contribution is -0.115. The van der Waals surface area contributed by atoms with Crippen molar-refractivity contribution in [3.05, 3.63) is 63.0 Å². The monoisotopic (exact) mass is 369 g/mol. The molecule has 4 nitrogen and oxygen atoms in total. The fourth-order valence-electron chi connectivity index (χ4n) is 2.31. The fraction of sp³-hybridized carbons (Fsp3) is 0.0625. The first kappa shape index (κ1) is 16.4. The fourth-order valence-corrected chi connectivity index (χ4v) is 3.97. The molecular weight excluding hydrogens is 357 g/mol. The van der Waals surface area contributed by atoms with Crippen LogP contribution in [0.4, 0.5) is 5.69 Å². The van der Waals surface area contributed by atoms with Gasteiger partial charge in [-0.25, -0.2) is 0 Å². The highest BCUT2D eigenvalue weighted by Crippen LogP contribution is 2.56. The largest absolute Gasteiger partial charge is 0.326 e. The minimum absolute atomic E-state index is 0.0744. The summed E-state index contributed by atoms with van der Waals surface area (Å²) in [5.41, 5.74) is 1.86. The summed E-state index contributed by atoms with van der Waals surface area (Å²) in [5.74, 6) is -0.267. The van der Waals surface area contributed by atoms with Crippen molar-refractivity contribution in [1.29, 1.82) is 0 Å². The van der Waals surface area contributed by atoms with Crippen LogP contribution in [0.2, 0.25) is 10.0 Å². The van der Waals surface area contributed by atoms with E-state index >= 15 is 0 Å². The van der Waals surface area contributed by atoms with Crippen LogP contribution in [0.15, 0.2) is 46.7 Å². The Morgan fingerprint density at radius 2 is 1.96 bits per heavy atom. The molecule has 3 N–H and O–H groups in total.